The van der Waals surface area contributed by atoms with Crippen LogP contribution in [-0.4, -0.2) is 9.97 Å². The monoisotopic (exact) mass is 468 g/mol. The highest BCUT2D eigenvalue weighted by molar-refractivity contribution is 6.31. The van der Waals surface area contributed by atoms with Crippen LogP contribution in [0.1, 0.15) is 11.1 Å². The molecule has 0 bridgehead atoms. The maximum absolute atomic E-state index is 12.9. The maximum atomic E-state index is 12.9. The fourth-order valence-corrected chi connectivity index (χ4v) is 2.70. The molecule has 0 fully saturated rings. The SMILES string of the molecule is FC(F)(F)c1cc(Oc2cc(Oc3ccc(Cl)c(C(F)(F)F)c3)ncn2)ccc1Cl. The van der Waals surface area contributed by atoms with E-state index in [1.807, 2.05) is 0 Å². The van der Waals surface area contributed by atoms with Gasteiger partial charge in [0.2, 0.25) is 11.8 Å². The number of alkyl halides is 6. The van der Waals surface area contributed by atoms with Crippen LogP contribution in [0.2, 0.25) is 10.0 Å². The fourth-order valence-electron chi connectivity index (χ4n) is 2.25. The second-order valence-corrected chi connectivity index (χ2v) is 6.49. The minimum Gasteiger partial charge on any atom is -0.439 e. The average molecular weight is 469 g/mol. The number of halogens is 8. The molecule has 1 aromatic heterocycles. The van der Waals surface area contributed by atoms with Crippen molar-refractivity contribution in [1.29, 1.82) is 0 Å². The number of ether oxygens (including phenoxy) is 2. The van der Waals surface area contributed by atoms with Gasteiger partial charge in [-0.25, -0.2) is 9.97 Å². The maximum Gasteiger partial charge on any atom is 0.417 e. The smallest absolute Gasteiger partial charge is 0.417 e. The van der Waals surface area contributed by atoms with E-state index >= 15 is 0 Å². The molecule has 0 atom stereocenters. The molecule has 12 heteroatoms. The van der Waals surface area contributed by atoms with Gasteiger partial charge in [-0.1, -0.05) is 23.2 Å². The summed E-state index contributed by atoms with van der Waals surface area (Å²) in [6, 6.07) is 6.84. The first-order chi connectivity index (χ1) is 13.9. The summed E-state index contributed by atoms with van der Waals surface area (Å²) in [6.07, 6.45) is -8.42. The molecule has 0 saturated carbocycles. The predicted molar refractivity (Wildman–Crippen MR) is 95.1 cm³/mol. The number of hydrogen-bond donors (Lipinski definition) is 0. The van der Waals surface area contributed by atoms with Crippen molar-refractivity contribution in [3.8, 4) is 23.3 Å². The number of aromatic nitrogens is 2. The molecule has 158 valence electrons. The molecule has 0 aliphatic heterocycles. The van der Waals surface area contributed by atoms with Gasteiger partial charge in [0, 0.05) is 0 Å². The Labute approximate surface area is 175 Å². The van der Waals surface area contributed by atoms with Crippen LogP contribution in [0.3, 0.4) is 0 Å². The van der Waals surface area contributed by atoms with Crippen LogP contribution >= 0.6 is 23.2 Å². The molecule has 0 spiro atoms. The molecular formula is C18H8Cl2F6N2O2. The molecule has 30 heavy (non-hydrogen) atoms. The predicted octanol–water partition coefficient (Wildman–Crippen LogP) is 7.41. The molecular weight excluding hydrogens is 461 g/mol. The van der Waals surface area contributed by atoms with Crippen molar-refractivity contribution in [2.75, 3.05) is 0 Å². The van der Waals surface area contributed by atoms with Crippen molar-refractivity contribution < 1.29 is 35.8 Å². The summed E-state index contributed by atoms with van der Waals surface area (Å²) in [7, 11) is 0. The first-order valence-electron chi connectivity index (χ1n) is 7.85. The second kappa shape index (κ2) is 8.19. The lowest BCUT2D eigenvalue weighted by atomic mass is 10.2. The third-order valence-corrected chi connectivity index (χ3v) is 4.21. The third-order valence-electron chi connectivity index (χ3n) is 3.55. The molecule has 3 rings (SSSR count). The van der Waals surface area contributed by atoms with E-state index in [2.05, 4.69) is 9.97 Å². The lowest BCUT2D eigenvalue weighted by Gasteiger charge is -2.12. The van der Waals surface area contributed by atoms with E-state index in [4.69, 9.17) is 32.7 Å². The van der Waals surface area contributed by atoms with Crippen molar-refractivity contribution in [1.82, 2.24) is 9.97 Å². The van der Waals surface area contributed by atoms with E-state index in [-0.39, 0.29) is 23.3 Å². The van der Waals surface area contributed by atoms with Crippen molar-refractivity contribution >= 4 is 23.2 Å². The van der Waals surface area contributed by atoms with Crippen molar-refractivity contribution in [2.24, 2.45) is 0 Å². The Morgan fingerprint density at radius 3 is 1.40 bits per heavy atom. The molecule has 0 aliphatic carbocycles. The summed E-state index contributed by atoms with van der Waals surface area (Å²) < 4.78 is 88.2. The highest BCUT2D eigenvalue weighted by Gasteiger charge is 2.34. The zero-order chi connectivity index (χ0) is 22.1. The van der Waals surface area contributed by atoms with Gasteiger partial charge in [0.1, 0.15) is 17.8 Å². The van der Waals surface area contributed by atoms with Gasteiger partial charge in [-0.3, -0.25) is 0 Å². The summed E-state index contributed by atoms with van der Waals surface area (Å²) in [4.78, 5) is 7.47. The van der Waals surface area contributed by atoms with Gasteiger partial charge in [-0.15, -0.1) is 0 Å². The summed E-state index contributed by atoms with van der Waals surface area (Å²) in [6.45, 7) is 0. The van der Waals surface area contributed by atoms with Crippen LogP contribution < -0.4 is 9.47 Å². The van der Waals surface area contributed by atoms with Gasteiger partial charge in [0.25, 0.3) is 0 Å². The minimum absolute atomic E-state index is 0.208. The molecule has 4 nitrogen and oxygen atoms in total. The lowest BCUT2D eigenvalue weighted by Crippen LogP contribution is -2.06. The zero-order valence-corrected chi connectivity index (χ0v) is 15.9. The van der Waals surface area contributed by atoms with Crippen LogP contribution in [-0.2, 0) is 12.4 Å². The standard InChI is InChI=1S/C18H8Cl2F6N2O2/c19-13-3-1-9(5-11(13)17(21,22)23)29-15-7-16(28-8-27-15)30-10-2-4-14(20)12(6-10)18(24,25)26/h1-8H. The van der Waals surface area contributed by atoms with Gasteiger partial charge in [0.15, 0.2) is 0 Å². The Balaban J connectivity index is 1.83. The Hall–Kier alpha value is -2.72. The highest BCUT2D eigenvalue weighted by Crippen LogP contribution is 2.39. The summed E-state index contributed by atoms with van der Waals surface area (Å²) in [5.74, 6) is -0.856. The van der Waals surface area contributed by atoms with Gasteiger partial charge >= 0.3 is 12.4 Å². The molecule has 1 heterocycles. The molecule has 0 amide bonds. The van der Waals surface area contributed by atoms with E-state index in [1.165, 1.54) is 12.1 Å². The van der Waals surface area contributed by atoms with Crippen LogP contribution in [0, 0.1) is 0 Å². The van der Waals surface area contributed by atoms with E-state index in [0.29, 0.717) is 12.1 Å². The Morgan fingerprint density at radius 2 is 1.03 bits per heavy atom. The van der Waals surface area contributed by atoms with Crippen molar-refractivity contribution in [3.63, 3.8) is 0 Å². The van der Waals surface area contributed by atoms with E-state index in [0.717, 1.165) is 24.5 Å². The second-order valence-electron chi connectivity index (χ2n) is 5.68. The average Bonchev–Trinajstić information content (AvgIpc) is 2.63. The molecule has 3 aromatic rings. The zero-order valence-electron chi connectivity index (χ0n) is 14.4. The summed E-state index contributed by atoms with van der Waals surface area (Å²) in [5, 5.41) is -1.02. The first kappa shape index (κ1) is 22.0. The summed E-state index contributed by atoms with van der Waals surface area (Å²) >= 11 is 11.1. The topological polar surface area (TPSA) is 44.2 Å². The lowest BCUT2D eigenvalue weighted by molar-refractivity contribution is -0.138. The number of benzene rings is 2. The van der Waals surface area contributed by atoms with E-state index < -0.39 is 33.5 Å². The number of rotatable bonds is 4. The van der Waals surface area contributed by atoms with Gasteiger partial charge < -0.3 is 9.47 Å². The number of nitrogens with zero attached hydrogens (tertiary/aromatic N) is 2. The molecule has 0 aliphatic rings. The minimum atomic E-state index is -4.69. The van der Waals surface area contributed by atoms with Gasteiger partial charge in [0.05, 0.1) is 27.2 Å². The van der Waals surface area contributed by atoms with E-state index in [9.17, 15) is 26.3 Å². The van der Waals surface area contributed by atoms with Crippen LogP contribution in [0.4, 0.5) is 26.3 Å². The Morgan fingerprint density at radius 1 is 0.633 bits per heavy atom. The molecule has 0 unspecified atom stereocenters. The highest BCUT2D eigenvalue weighted by atomic mass is 35.5. The van der Waals surface area contributed by atoms with Crippen LogP contribution in [0.25, 0.3) is 0 Å². The largest absolute Gasteiger partial charge is 0.439 e. The van der Waals surface area contributed by atoms with Crippen molar-refractivity contribution in [2.45, 2.75) is 12.4 Å². The first-order valence-corrected chi connectivity index (χ1v) is 8.60. The van der Waals surface area contributed by atoms with Gasteiger partial charge in [-0.2, -0.15) is 26.3 Å². The van der Waals surface area contributed by atoms with Crippen LogP contribution in [0.15, 0.2) is 48.8 Å². The van der Waals surface area contributed by atoms with E-state index in [1.54, 1.807) is 0 Å². The quantitative estimate of drug-likeness (QED) is 0.374. The molecule has 0 radical (unpaired) electrons. The Kier molecular flexibility index (Phi) is 6.00. The number of hydrogen-bond acceptors (Lipinski definition) is 4. The Bertz CT molecular complexity index is 993. The van der Waals surface area contributed by atoms with Crippen molar-refractivity contribution in [3.05, 3.63) is 70.0 Å². The molecule has 2 aromatic carbocycles. The molecule has 0 saturated heterocycles. The van der Waals surface area contributed by atoms with Crippen LogP contribution in [0.5, 0.6) is 23.3 Å². The third kappa shape index (κ3) is 5.25. The summed E-state index contributed by atoms with van der Waals surface area (Å²) in [5.41, 5.74) is -2.21. The normalized spacial score (nSPS) is 12.0. The molecule has 0 N–H and O–H groups in total. The fraction of sp³-hybridized carbons (Fsp3) is 0.111. The van der Waals surface area contributed by atoms with Gasteiger partial charge in [-0.05, 0) is 36.4 Å².